The van der Waals surface area contributed by atoms with Crippen LogP contribution in [0.4, 0.5) is 0 Å². The molecular formula is C2H2Cl3KO2. The van der Waals surface area contributed by atoms with Crippen LogP contribution in [0.2, 0.25) is 0 Å². The Bertz CT molecular complexity index is 87.8. The van der Waals surface area contributed by atoms with E-state index in [9.17, 15) is 4.79 Å². The zero-order valence-corrected chi connectivity index (χ0v) is 5.26. The molecule has 0 rings (SSSR count). The van der Waals surface area contributed by atoms with Gasteiger partial charge in [0.25, 0.3) is 3.79 Å². The number of carboxylic acids is 1. The molecule has 1 N–H and O–H groups in total. The molecule has 8 heavy (non-hydrogen) atoms. The fourth-order valence-corrected chi connectivity index (χ4v) is 0. The van der Waals surface area contributed by atoms with Crippen molar-refractivity contribution >= 4 is 92.2 Å². The molecular weight excluding hydrogens is 201 g/mol. The Kier molecular flexibility index (Phi) is 7.49. The van der Waals surface area contributed by atoms with Crippen LogP contribution >= 0.6 is 34.8 Å². The van der Waals surface area contributed by atoms with E-state index in [2.05, 4.69) is 0 Å². The van der Waals surface area contributed by atoms with Crippen molar-refractivity contribution in [3.05, 3.63) is 0 Å². The summed E-state index contributed by atoms with van der Waals surface area (Å²) in [6.07, 6.45) is 0. The Hall–Kier alpha value is 1.98. The van der Waals surface area contributed by atoms with E-state index in [4.69, 9.17) is 39.9 Å². The van der Waals surface area contributed by atoms with Crippen molar-refractivity contribution in [2.75, 3.05) is 0 Å². The summed E-state index contributed by atoms with van der Waals surface area (Å²) < 4.78 is -2.17. The molecule has 0 amide bonds. The van der Waals surface area contributed by atoms with E-state index in [1.54, 1.807) is 0 Å². The quantitative estimate of drug-likeness (QED) is 0.467. The number of alkyl halides is 3. The number of carboxylic acid groups (broad SMARTS) is 1. The zero-order valence-electron chi connectivity index (χ0n) is 2.99. The summed E-state index contributed by atoms with van der Waals surface area (Å²) in [6, 6.07) is 0. The molecule has 0 saturated carbocycles. The number of hydrogen-bond acceptors (Lipinski definition) is 1. The summed E-state index contributed by atoms with van der Waals surface area (Å²) in [5.74, 6) is -1.46. The van der Waals surface area contributed by atoms with E-state index >= 15 is 0 Å². The first-order valence-corrected chi connectivity index (χ1v) is 2.38. The second-order valence-corrected chi connectivity index (χ2v) is 3.08. The number of carbonyl (C=O) groups is 1. The van der Waals surface area contributed by atoms with Gasteiger partial charge in [-0.25, -0.2) is 4.79 Å². The van der Waals surface area contributed by atoms with Crippen LogP contribution in [0.5, 0.6) is 0 Å². The van der Waals surface area contributed by atoms with Gasteiger partial charge in [0.15, 0.2) is 0 Å². The second-order valence-electron chi connectivity index (χ2n) is 0.803. The van der Waals surface area contributed by atoms with Crippen LogP contribution in [0.15, 0.2) is 0 Å². The topological polar surface area (TPSA) is 37.3 Å². The summed E-state index contributed by atoms with van der Waals surface area (Å²) >= 11 is 14.4. The summed E-state index contributed by atoms with van der Waals surface area (Å²) in [7, 11) is 0. The van der Waals surface area contributed by atoms with E-state index in [0.29, 0.717) is 0 Å². The average Bonchev–Trinajstić information content (AvgIpc) is 1.31. The number of hydrogen-bond donors (Lipinski definition) is 1. The predicted octanol–water partition coefficient (Wildman–Crippen LogP) is 0.793. The van der Waals surface area contributed by atoms with E-state index in [1.807, 2.05) is 0 Å². The molecule has 0 aliphatic rings. The van der Waals surface area contributed by atoms with Gasteiger partial charge in [-0.1, -0.05) is 34.8 Å². The molecule has 0 aliphatic heterocycles. The molecule has 0 saturated heterocycles. The Morgan fingerprint density at radius 3 is 1.50 bits per heavy atom. The Balaban J connectivity index is 0. The van der Waals surface area contributed by atoms with E-state index in [0.717, 1.165) is 0 Å². The second kappa shape index (κ2) is 4.74. The summed E-state index contributed by atoms with van der Waals surface area (Å²) in [4.78, 5) is 9.62. The first kappa shape index (κ1) is 12.6. The molecule has 0 aliphatic carbocycles. The molecule has 0 aromatic rings. The predicted molar refractivity (Wildman–Crippen MR) is 35.1 cm³/mol. The van der Waals surface area contributed by atoms with Crippen molar-refractivity contribution in [1.82, 2.24) is 0 Å². The van der Waals surface area contributed by atoms with Crippen LogP contribution in [0.1, 0.15) is 0 Å². The number of halogens is 3. The van der Waals surface area contributed by atoms with Gasteiger partial charge in [-0.2, -0.15) is 0 Å². The van der Waals surface area contributed by atoms with Crippen molar-refractivity contribution in [3.63, 3.8) is 0 Å². The molecule has 0 atom stereocenters. The van der Waals surface area contributed by atoms with Gasteiger partial charge in [-0.15, -0.1) is 0 Å². The van der Waals surface area contributed by atoms with Crippen molar-refractivity contribution in [2.45, 2.75) is 3.79 Å². The summed E-state index contributed by atoms with van der Waals surface area (Å²) in [5, 5.41) is 7.85. The van der Waals surface area contributed by atoms with Crippen LogP contribution in [-0.2, 0) is 4.79 Å². The SMILES string of the molecule is O=C(O)C(Cl)(Cl)Cl.[KH]. The van der Waals surface area contributed by atoms with Gasteiger partial charge in [0.2, 0.25) is 0 Å². The number of aliphatic carboxylic acids is 1. The molecule has 0 aromatic carbocycles. The summed E-state index contributed by atoms with van der Waals surface area (Å²) in [6.45, 7) is 0. The fourth-order valence-electron chi connectivity index (χ4n) is 0. The van der Waals surface area contributed by atoms with Crippen LogP contribution in [0.3, 0.4) is 0 Å². The molecule has 0 radical (unpaired) electrons. The van der Waals surface area contributed by atoms with Crippen molar-refractivity contribution in [2.24, 2.45) is 0 Å². The molecule has 0 bridgehead atoms. The third-order valence-corrected chi connectivity index (χ3v) is 0.728. The maximum atomic E-state index is 9.62. The third kappa shape index (κ3) is 6.10. The van der Waals surface area contributed by atoms with Crippen LogP contribution < -0.4 is 0 Å². The average molecular weight is 203 g/mol. The third-order valence-electron chi connectivity index (χ3n) is 0.243. The monoisotopic (exact) mass is 202 g/mol. The van der Waals surface area contributed by atoms with Gasteiger partial charge >= 0.3 is 57.4 Å². The van der Waals surface area contributed by atoms with Crippen LogP contribution in [0, 0.1) is 0 Å². The molecule has 2 nitrogen and oxygen atoms in total. The molecule has 6 heteroatoms. The van der Waals surface area contributed by atoms with Crippen LogP contribution in [0.25, 0.3) is 0 Å². The Morgan fingerprint density at radius 2 is 1.50 bits per heavy atom. The number of rotatable bonds is 0. The minimum absolute atomic E-state index is 0. The maximum absolute atomic E-state index is 9.62. The van der Waals surface area contributed by atoms with Gasteiger partial charge < -0.3 is 5.11 Å². The van der Waals surface area contributed by atoms with Crippen molar-refractivity contribution in [3.8, 4) is 0 Å². The van der Waals surface area contributed by atoms with Gasteiger partial charge in [0.1, 0.15) is 0 Å². The molecule has 0 fully saturated rings. The minimum atomic E-state index is -2.17. The van der Waals surface area contributed by atoms with E-state index in [-0.39, 0.29) is 51.4 Å². The summed E-state index contributed by atoms with van der Waals surface area (Å²) in [5.41, 5.74) is 0. The standard InChI is InChI=1S/C2HCl3O2.K.H/c3-2(4,5)1(6)7;;/h(H,6,7);;. The Morgan fingerprint density at radius 1 is 1.38 bits per heavy atom. The normalized spacial score (nSPS) is 9.88. The van der Waals surface area contributed by atoms with Gasteiger partial charge in [-0.05, 0) is 0 Å². The Labute approximate surface area is 104 Å². The van der Waals surface area contributed by atoms with E-state index in [1.165, 1.54) is 0 Å². The fraction of sp³-hybridized carbons (Fsp3) is 0.500. The van der Waals surface area contributed by atoms with Crippen molar-refractivity contribution in [1.29, 1.82) is 0 Å². The molecule has 0 aromatic heterocycles. The molecule has 44 valence electrons. The van der Waals surface area contributed by atoms with Crippen molar-refractivity contribution < 1.29 is 9.90 Å². The molecule has 0 unspecified atom stereocenters. The van der Waals surface area contributed by atoms with Gasteiger partial charge in [-0.3, -0.25) is 0 Å². The van der Waals surface area contributed by atoms with Crippen LogP contribution in [-0.4, -0.2) is 66.3 Å². The van der Waals surface area contributed by atoms with Gasteiger partial charge in [0, 0.05) is 0 Å². The first-order chi connectivity index (χ1) is 2.94. The van der Waals surface area contributed by atoms with Gasteiger partial charge in [0.05, 0.1) is 0 Å². The molecule has 0 heterocycles. The zero-order chi connectivity index (χ0) is 6.08. The molecule has 0 spiro atoms. The van der Waals surface area contributed by atoms with E-state index < -0.39 is 9.76 Å². The first-order valence-electron chi connectivity index (χ1n) is 1.24.